The molecule has 1 saturated heterocycles. The highest BCUT2D eigenvalue weighted by molar-refractivity contribution is 6.37. The predicted molar refractivity (Wildman–Crippen MR) is 48.9 cm³/mol. The van der Waals surface area contributed by atoms with Gasteiger partial charge in [0.25, 0.3) is 5.91 Å². The second-order valence-corrected chi connectivity index (χ2v) is 3.45. The molecule has 1 aromatic heterocycles. The standard InChI is InChI=1S/C9H11N3O3/c1-6-10-8(15-11-6)3-5-12-4-2-7(13)9(12)14/h2-5H2,1H3. The van der Waals surface area contributed by atoms with Gasteiger partial charge in [-0.1, -0.05) is 5.16 Å². The molecule has 1 aliphatic heterocycles. The first-order valence-electron chi connectivity index (χ1n) is 4.78. The highest BCUT2D eigenvalue weighted by atomic mass is 16.5. The third-order valence-corrected chi connectivity index (χ3v) is 2.30. The Labute approximate surface area is 86.2 Å². The van der Waals surface area contributed by atoms with Crippen molar-refractivity contribution in [1.29, 1.82) is 0 Å². The van der Waals surface area contributed by atoms with Crippen molar-refractivity contribution in [3.8, 4) is 0 Å². The van der Waals surface area contributed by atoms with Gasteiger partial charge in [0, 0.05) is 25.9 Å². The van der Waals surface area contributed by atoms with Crippen LogP contribution in [0.2, 0.25) is 0 Å². The van der Waals surface area contributed by atoms with Crippen LogP contribution < -0.4 is 0 Å². The Balaban J connectivity index is 1.89. The minimum atomic E-state index is -0.397. The van der Waals surface area contributed by atoms with Crippen molar-refractivity contribution in [1.82, 2.24) is 15.0 Å². The molecular formula is C9H11N3O3. The lowest BCUT2D eigenvalue weighted by Gasteiger charge is -2.11. The number of Topliss-reactive ketones (excluding diaryl/α,β-unsaturated/α-hetero) is 1. The molecule has 0 bridgehead atoms. The molecule has 6 nitrogen and oxygen atoms in total. The smallest absolute Gasteiger partial charge is 0.290 e. The summed E-state index contributed by atoms with van der Waals surface area (Å²) < 4.78 is 4.90. The number of nitrogens with zero attached hydrogens (tertiary/aromatic N) is 3. The highest BCUT2D eigenvalue weighted by Gasteiger charge is 2.28. The molecule has 0 N–H and O–H groups in total. The van der Waals surface area contributed by atoms with E-state index in [-0.39, 0.29) is 5.78 Å². The zero-order valence-electron chi connectivity index (χ0n) is 8.39. The summed E-state index contributed by atoms with van der Waals surface area (Å²) in [5, 5.41) is 3.64. The van der Waals surface area contributed by atoms with Gasteiger partial charge in [0.2, 0.25) is 11.7 Å². The van der Waals surface area contributed by atoms with E-state index in [0.717, 1.165) is 0 Å². The Morgan fingerprint density at radius 3 is 2.80 bits per heavy atom. The lowest BCUT2D eigenvalue weighted by Crippen LogP contribution is -2.29. The molecule has 80 valence electrons. The third-order valence-electron chi connectivity index (χ3n) is 2.30. The van der Waals surface area contributed by atoms with Gasteiger partial charge in [0.1, 0.15) is 0 Å². The molecule has 1 aromatic rings. The van der Waals surface area contributed by atoms with Gasteiger partial charge in [0.05, 0.1) is 0 Å². The summed E-state index contributed by atoms with van der Waals surface area (Å²) in [6.07, 6.45) is 0.821. The van der Waals surface area contributed by atoms with Crippen LogP contribution in [0.15, 0.2) is 4.52 Å². The average molecular weight is 209 g/mol. The van der Waals surface area contributed by atoms with Crippen LogP contribution in [0.1, 0.15) is 18.1 Å². The number of hydrogen-bond acceptors (Lipinski definition) is 5. The molecule has 2 rings (SSSR count). The molecule has 0 aromatic carbocycles. The summed E-state index contributed by atoms with van der Waals surface area (Å²) in [4.78, 5) is 27.7. The number of rotatable bonds is 3. The minimum Gasteiger partial charge on any atom is -0.339 e. The lowest BCUT2D eigenvalue weighted by atomic mass is 10.3. The number of likely N-dealkylation sites (tertiary alicyclic amines) is 1. The zero-order chi connectivity index (χ0) is 10.8. The Morgan fingerprint density at radius 1 is 1.47 bits per heavy atom. The maximum absolute atomic E-state index is 11.2. The van der Waals surface area contributed by atoms with E-state index in [0.29, 0.717) is 37.6 Å². The maximum Gasteiger partial charge on any atom is 0.290 e. The quantitative estimate of drug-likeness (QED) is 0.640. The molecule has 0 spiro atoms. The number of carbonyl (C=O) groups is 2. The Morgan fingerprint density at radius 2 is 2.27 bits per heavy atom. The summed E-state index contributed by atoms with van der Waals surface area (Å²) in [6.45, 7) is 2.70. The SMILES string of the molecule is Cc1noc(CCN2CCC(=O)C2=O)n1. The van der Waals surface area contributed by atoms with Crippen molar-refractivity contribution in [2.75, 3.05) is 13.1 Å². The van der Waals surface area contributed by atoms with Crippen LogP contribution >= 0.6 is 0 Å². The molecule has 0 radical (unpaired) electrons. The topological polar surface area (TPSA) is 76.3 Å². The van der Waals surface area contributed by atoms with Crippen molar-refractivity contribution < 1.29 is 14.1 Å². The van der Waals surface area contributed by atoms with E-state index in [1.54, 1.807) is 6.92 Å². The summed E-state index contributed by atoms with van der Waals surface area (Å²) in [7, 11) is 0. The molecule has 6 heteroatoms. The first-order chi connectivity index (χ1) is 7.16. The Bertz CT molecular complexity index is 399. The van der Waals surface area contributed by atoms with Gasteiger partial charge in [-0.15, -0.1) is 0 Å². The minimum absolute atomic E-state index is 0.309. The number of ketones is 1. The van der Waals surface area contributed by atoms with Crippen LogP contribution in [0.25, 0.3) is 0 Å². The van der Waals surface area contributed by atoms with Crippen LogP contribution in [0.3, 0.4) is 0 Å². The van der Waals surface area contributed by atoms with E-state index >= 15 is 0 Å². The van der Waals surface area contributed by atoms with Crippen LogP contribution in [-0.2, 0) is 16.0 Å². The normalized spacial score (nSPS) is 16.5. The predicted octanol–water partition coefficient (Wildman–Crippen LogP) is -0.278. The van der Waals surface area contributed by atoms with E-state index in [1.165, 1.54) is 4.90 Å². The maximum atomic E-state index is 11.2. The molecule has 0 atom stereocenters. The van der Waals surface area contributed by atoms with E-state index < -0.39 is 5.91 Å². The second kappa shape index (κ2) is 3.80. The number of hydrogen-bond donors (Lipinski definition) is 0. The van der Waals surface area contributed by atoms with Crippen molar-refractivity contribution in [3.63, 3.8) is 0 Å². The summed E-state index contributed by atoms with van der Waals surface area (Å²) >= 11 is 0. The zero-order valence-corrected chi connectivity index (χ0v) is 8.39. The molecule has 0 aliphatic carbocycles. The van der Waals surface area contributed by atoms with Gasteiger partial charge >= 0.3 is 0 Å². The van der Waals surface area contributed by atoms with E-state index in [9.17, 15) is 9.59 Å². The van der Waals surface area contributed by atoms with Gasteiger partial charge in [-0.05, 0) is 6.92 Å². The molecule has 0 unspecified atom stereocenters. The van der Waals surface area contributed by atoms with Gasteiger partial charge in [-0.3, -0.25) is 9.59 Å². The second-order valence-electron chi connectivity index (χ2n) is 3.45. The number of amides is 1. The fraction of sp³-hybridized carbons (Fsp3) is 0.556. The van der Waals surface area contributed by atoms with Crippen LogP contribution in [0.4, 0.5) is 0 Å². The van der Waals surface area contributed by atoms with E-state index in [1.807, 2.05) is 0 Å². The molecule has 1 amide bonds. The number of carbonyl (C=O) groups excluding carboxylic acids is 2. The number of aromatic nitrogens is 2. The first kappa shape index (κ1) is 9.82. The summed E-state index contributed by atoms with van der Waals surface area (Å²) in [5.74, 6) is 0.372. The van der Waals surface area contributed by atoms with Crippen molar-refractivity contribution in [2.45, 2.75) is 19.8 Å². The summed E-state index contributed by atoms with van der Waals surface area (Å²) in [5.41, 5.74) is 0. The molecular weight excluding hydrogens is 198 g/mol. The number of aryl methyl sites for hydroxylation is 1. The fourth-order valence-electron chi connectivity index (χ4n) is 1.51. The molecule has 1 fully saturated rings. The van der Waals surface area contributed by atoms with Crippen LogP contribution in [-0.4, -0.2) is 39.8 Å². The van der Waals surface area contributed by atoms with Gasteiger partial charge in [0.15, 0.2) is 5.82 Å². The fourth-order valence-corrected chi connectivity index (χ4v) is 1.51. The summed E-state index contributed by atoms with van der Waals surface area (Å²) in [6, 6.07) is 0. The van der Waals surface area contributed by atoms with Crippen molar-refractivity contribution in [3.05, 3.63) is 11.7 Å². The molecule has 1 aliphatic rings. The average Bonchev–Trinajstić information content (AvgIpc) is 2.74. The molecule has 2 heterocycles. The van der Waals surface area contributed by atoms with E-state index in [4.69, 9.17) is 4.52 Å². The largest absolute Gasteiger partial charge is 0.339 e. The molecule has 15 heavy (non-hydrogen) atoms. The van der Waals surface area contributed by atoms with E-state index in [2.05, 4.69) is 10.1 Å². The van der Waals surface area contributed by atoms with Gasteiger partial charge in [-0.2, -0.15) is 4.98 Å². The molecule has 0 saturated carbocycles. The van der Waals surface area contributed by atoms with Crippen molar-refractivity contribution in [2.24, 2.45) is 0 Å². The van der Waals surface area contributed by atoms with Gasteiger partial charge < -0.3 is 9.42 Å². The van der Waals surface area contributed by atoms with Crippen LogP contribution in [0.5, 0.6) is 0 Å². The van der Waals surface area contributed by atoms with Crippen LogP contribution in [0, 0.1) is 6.92 Å². The van der Waals surface area contributed by atoms with Gasteiger partial charge in [-0.25, -0.2) is 0 Å². The highest BCUT2D eigenvalue weighted by Crippen LogP contribution is 2.07. The Kier molecular flexibility index (Phi) is 2.49. The lowest BCUT2D eigenvalue weighted by molar-refractivity contribution is -0.139. The monoisotopic (exact) mass is 209 g/mol. The Hall–Kier alpha value is -1.72. The first-order valence-corrected chi connectivity index (χ1v) is 4.78. The van der Waals surface area contributed by atoms with Crippen molar-refractivity contribution >= 4 is 11.7 Å². The third kappa shape index (κ3) is 2.03.